The van der Waals surface area contributed by atoms with Crippen molar-refractivity contribution >= 4 is 11.8 Å². The number of ketones is 1. The first-order valence-electron chi connectivity index (χ1n) is 7.05. The fourth-order valence-corrected chi connectivity index (χ4v) is 1.92. The number of carbonyl (C=O) groups excluding carboxylic acids is 2. The van der Waals surface area contributed by atoms with Gasteiger partial charge in [-0.05, 0) is 32.4 Å². The Morgan fingerprint density at radius 2 is 1.90 bits per heavy atom. The van der Waals surface area contributed by atoms with Gasteiger partial charge in [-0.3, -0.25) is 9.59 Å². The fourth-order valence-electron chi connectivity index (χ4n) is 1.92. The predicted octanol–water partition coefficient (Wildman–Crippen LogP) is 3.25. The van der Waals surface area contributed by atoms with E-state index in [0.29, 0.717) is 30.9 Å². The maximum absolute atomic E-state index is 12.2. The first-order chi connectivity index (χ1) is 9.62. The Morgan fingerprint density at radius 3 is 2.50 bits per heavy atom. The van der Waals surface area contributed by atoms with E-state index in [1.165, 1.54) is 0 Å². The van der Waals surface area contributed by atoms with Crippen LogP contribution in [-0.2, 0) is 9.53 Å². The van der Waals surface area contributed by atoms with Crippen LogP contribution in [-0.4, -0.2) is 25.0 Å². The number of hydrogen-bond donors (Lipinski definition) is 0. The summed E-state index contributed by atoms with van der Waals surface area (Å²) in [6.07, 6.45) is 0.765. The van der Waals surface area contributed by atoms with Gasteiger partial charge in [-0.25, -0.2) is 0 Å². The van der Waals surface area contributed by atoms with Gasteiger partial charge >= 0.3 is 5.97 Å². The highest BCUT2D eigenvalue weighted by Gasteiger charge is 2.22. The number of hydrogen-bond acceptors (Lipinski definition) is 4. The van der Waals surface area contributed by atoms with Crippen LogP contribution in [0.5, 0.6) is 5.75 Å². The summed E-state index contributed by atoms with van der Waals surface area (Å²) in [5, 5.41) is 0. The highest BCUT2D eigenvalue weighted by molar-refractivity contribution is 5.98. The third kappa shape index (κ3) is 4.68. The van der Waals surface area contributed by atoms with Crippen molar-refractivity contribution < 1.29 is 19.1 Å². The number of Topliss-reactive ketones (excluding diaryl/α,β-unsaturated/α-hetero) is 1. The van der Waals surface area contributed by atoms with E-state index < -0.39 is 0 Å². The van der Waals surface area contributed by atoms with E-state index in [9.17, 15) is 9.59 Å². The summed E-state index contributed by atoms with van der Waals surface area (Å²) >= 11 is 0. The Hall–Kier alpha value is -1.84. The maximum Gasteiger partial charge on any atom is 0.309 e. The molecule has 0 radical (unpaired) electrons. The van der Waals surface area contributed by atoms with Crippen LogP contribution >= 0.6 is 0 Å². The molecular formula is C16H22O4. The van der Waals surface area contributed by atoms with E-state index in [1.54, 1.807) is 25.1 Å². The highest BCUT2D eigenvalue weighted by Crippen LogP contribution is 2.19. The maximum atomic E-state index is 12.2. The molecule has 0 fully saturated rings. The van der Waals surface area contributed by atoms with Crippen molar-refractivity contribution in [2.75, 3.05) is 13.2 Å². The van der Waals surface area contributed by atoms with E-state index >= 15 is 0 Å². The van der Waals surface area contributed by atoms with Crippen molar-refractivity contribution in [2.45, 2.75) is 33.6 Å². The van der Waals surface area contributed by atoms with Crippen molar-refractivity contribution in [2.24, 2.45) is 5.92 Å². The Balaban J connectivity index is 2.73. The molecule has 0 heterocycles. The summed E-state index contributed by atoms with van der Waals surface area (Å²) < 4.78 is 10.3. The van der Waals surface area contributed by atoms with Crippen molar-refractivity contribution in [3.63, 3.8) is 0 Å². The standard InChI is InChI=1S/C16H22O4/c1-4-12(16(18)20-6-3)11-15(17)13-8-7-9-14(10-13)19-5-2/h7-10,12H,4-6,11H2,1-3H3. The molecule has 20 heavy (non-hydrogen) atoms. The quantitative estimate of drug-likeness (QED) is 0.541. The van der Waals surface area contributed by atoms with E-state index in [1.807, 2.05) is 19.9 Å². The molecule has 0 spiro atoms. The first kappa shape index (κ1) is 16.2. The highest BCUT2D eigenvalue weighted by atomic mass is 16.5. The summed E-state index contributed by atoms with van der Waals surface area (Å²) in [6.45, 7) is 6.42. The topological polar surface area (TPSA) is 52.6 Å². The Bertz CT molecular complexity index is 454. The van der Waals surface area contributed by atoms with Crippen LogP contribution in [0.1, 0.15) is 44.0 Å². The van der Waals surface area contributed by atoms with E-state index in [-0.39, 0.29) is 24.1 Å². The minimum atomic E-state index is -0.377. The number of esters is 1. The Labute approximate surface area is 120 Å². The number of carbonyl (C=O) groups is 2. The smallest absolute Gasteiger partial charge is 0.309 e. The molecule has 110 valence electrons. The summed E-state index contributed by atoms with van der Waals surface area (Å²) in [6, 6.07) is 7.04. The normalized spacial score (nSPS) is 11.8. The molecule has 0 aliphatic carbocycles. The zero-order valence-electron chi connectivity index (χ0n) is 12.3. The SMILES string of the molecule is CCOC(=O)C(CC)CC(=O)c1cccc(OCC)c1. The summed E-state index contributed by atoms with van der Waals surface area (Å²) in [4.78, 5) is 23.9. The molecular weight excluding hydrogens is 256 g/mol. The van der Waals surface area contributed by atoms with Crippen LogP contribution in [0, 0.1) is 5.92 Å². The van der Waals surface area contributed by atoms with Crippen molar-refractivity contribution in [1.82, 2.24) is 0 Å². The Morgan fingerprint density at radius 1 is 1.15 bits per heavy atom. The molecule has 0 saturated heterocycles. The van der Waals surface area contributed by atoms with Crippen molar-refractivity contribution in [1.29, 1.82) is 0 Å². The van der Waals surface area contributed by atoms with Gasteiger partial charge in [-0.2, -0.15) is 0 Å². The second-order valence-electron chi connectivity index (χ2n) is 4.45. The second-order valence-corrected chi connectivity index (χ2v) is 4.45. The molecule has 1 aromatic rings. The molecule has 0 aromatic heterocycles. The lowest BCUT2D eigenvalue weighted by Crippen LogP contribution is -2.20. The third-order valence-electron chi connectivity index (χ3n) is 3.01. The minimum absolute atomic E-state index is 0.0635. The summed E-state index contributed by atoms with van der Waals surface area (Å²) in [5.41, 5.74) is 0.568. The largest absolute Gasteiger partial charge is 0.494 e. The molecule has 4 nitrogen and oxygen atoms in total. The van der Waals surface area contributed by atoms with Crippen LogP contribution in [0.4, 0.5) is 0 Å². The van der Waals surface area contributed by atoms with Crippen LogP contribution in [0.2, 0.25) is 0 Å². The molecule has 0 aliphatic rings. The van der Waals surface area contributed by atoms with Crippen LogP contribution < -0.4 is 4.74 Å². The van der Waals surface area contributed by atoms with Gasteiger partial charge in [-0.1, -0.05) is 19.1 Å². The van der Waals surface area contributed by atoms with Gasteiger partial charge in [0.25, 0.3) is 0 Å². The summed E-state index contributed by atoms with van der Waals surface area (Å²) in [5.74, 6) is -0.0727. The first-order valence-corrected chi connectivity index (χ1v) is 7.05. The Kier molecular flexibility index (Phi) is 6.77. The van der Waals surface area contributed by atoms with Gasteiger partial charge in [0.1, 0.15) is 5.75 Å². The van der Waals surface area contributed by atoms with Gasteiger partial charge in [0.2, 0.25) is 0 Å². The van der Waals surface area contributed by atoms with Gasteiger partial charge in [-0.15, -0.1) is 0 Å². The zero-order valence-corrected chi connectivity index (χ0v) is 12.3. The molecule has 0 saturated carbocycles. The average Bonchev–Trinajstić information content (AvgIpc) is 2.45. The monoisotopic (exact) mass is 278 g/mol. The predicted molar refractivity (Wildman–Crippen MR) is 77.0 cm³/mol. The number of ether oxygens (including phenoxy) is 2. The lowest BCUT2D eigenvalue weighted by molar-refractivity contribution is -0.148. The average molecular weight is 278 g/mol. The van der Waals surface area contributed by atoms with Crippen molar-refractivity contribution in [3.05, 3.63) is 29.8 Å². The van der Waals surface area contributed by atoms with Gasteiger partial charge in [0, 0.05) is 12.0 Å². The molecule has 1 rings (SSSR count). The molecule has 0 bridgehead atoms. The van der Waals surface area contributed by atoms with Crippen molar-refractivity contribution in [3.8, 4) is 5.75 Å². The molecule has 1 atom stereocenters. The molecule has 1 unspecified atom stereocenters. The van der Waals surface area contributed by atoms with E-state index in [2.05, 4.69) is 0 Å². The summed E-state index contributed by atoms with van der Waals surface area (Å²) in [7, 11) is 0. The minimum Gasteiger partial charge on any atom is -0.494 e. The number of benzene rings is 1. The lowest BCUT2D eigenvalue weighted by Gasteiger charge is -2.13. The number of rotatable bonds is 8. The fraction of sp³-hybridized carbons (Fsp3) is 0.500. The molecule has 4 heteroatoms. The molecule has 1 aromatic carbocycles. The van der Waals surface area contributed by atoms with E-state index in [4.69, 9.17) is 9.47 Å². The molecule has 0 amide bonds. The van der Waals surface area contributed by atoms with Gasteiger partial charge < -0.3 is 9.47 Å². The third-order valence-corrected chi connectivity index (χ3v) is 3.01. The molecule has 0 aliphatic heterocycles. The zero-order chi connectivity index (χ0) is 15.0. The molecule has 0 N–H and O–H groups in total. The van der Waals surface area contributed by atoms with Crippen LogP contribution in [0.15, 0.2) is 24.3 Å². The lowest BCUT2D eigenvalue weighted by atomic mass is 9.96. The van der Waals surface area contributed by atoms with Gasteiger partial charge in [0.05, 0.1) is 19.1 Å². The van der Waals surface area contributed by atoms with Crippen LogP contribution in [0.25, 0.3) is 0 Å². The van der Waals surface area contributed by atoms with Crippen LogP contribution in [0.3, 0.4) is 0 Å². The second kappa shape index (κ2) is 8.35. The van der Waals surface area contributed by atoms with Gasteiger partial charge in [0.15, 0.2) is 5.78 Å². The van der Waals surface area contributed by atoms with E-state index in [0.717, 1.165) is 0 Å².